The highest BCUT2D eigenvalue weighted by Gasteiger charge is 2.18. The minimum absolute atomic E-state index is 0.638. The van der Waals surface area contributed by atoms with Crippen molar-refractivity contribution in [2.75, 3.05) is 0 Å². The largest absolute Gasteiger partial charge is 0.309 e. The molecular formula is C51H32N2. The van der Waals surface area contributed by atoms with E-state index >= 15 is 0 Å². The molecule has 1 heterocycles. The first-order chi connectivity index (χ1) is 26.3. The molecule has 10 aromatic rings. The zero-order valence-electron chi connectivity index (χ0n) is 28.9. The van der Waals surface area contributed by atoms with Gasteiger partial charge in [-0.25, -0.2) is 0 Å². The van der Waals surface area contributed by atoms with E-state index in [1.54, 1.807) is 0 Å². The molecule has 0 saturated carbocycles. The van der Waals surface area contributed by atoms with E-state index in [1.165, 1.54) is 54.6 Å². The molecule has 2 heteroatoms. The molecule has 0 aliphatic heterocycles. The summed E-state index contributed by atoms with van der Waals surface area (Å²) < 4.78 is 2.33. The predicted octanol–water partition coefficient (Wildman–Crippen LogP) is 13.6. The molecule has 53 heavy (non-hydrogen) atoms. The van der Waals surface area contributed by atoms with Gasteiger partial charge in [0.2, 0.25) is 0 Å². The lowest BCUT2D eigenvalue weighted by molar-refractivity contribution is 1.18. The predicted molar refractivity (Wildman–Crippen MR) is 222 cm³/mol. The fourth-order valence-electron chi connectivity index (χ4n) is 8.27. The number of nitrogens with zero attached hydrogens (tertiary/aromatic N) is 2. The monoisotopic (exact) mass is 672 g/mol. The number of hydrogen-bond acceptors (Lipinski definition) is 1. The average molecular weight is 673 g/mol. The molecule has 2 nitrogen and oxygen atoms in total. The second-order valence-electron chi connectivity index (χ2n) is 13.6. The molecule has 0 saturated heterocycles. The molecule has 0 aliphatic carbocycles. The summed E-state index contributed by atoms with van der Waals surface area (Å²) in [5, 5.41) is 17.3. The zero-order valence-corrected chi connectivity index (χ0v) is 28.9. The number of para-hydroxylation sites is 2. The van der Waals surface area contributed by atoms with Gasteiger partial charge >= 0.3 is 0 Å². The minimum Gasteiger partial charge on any atom is -0.309 e. The van der Waals surface area contributed by atoms with Gasteiger partial charge in [0.05, 0.1) is 28.4 Å². The summed E-state index contributed by atoms with van der Waals surface area (Å²) in [5.41, 5.74) is 13.3. The normalized spacial score (nSPS) is 11.4. The molecule has 0 N–H and O–H groups in total. The summed E-state index contributed by atoms with van der Waals surface area (Å²) in [6, 6.07) is 71.5. The number of benzene rings is 9. The molecule has 0 aliphatic rings. The van der Waals surface area contributed by atoms with Gasteiger partial charge in [-0.2, -0.15) is 5.26 Å². The Balaban J connectivity index is 1.10. The SMILES string of the molecule is N#Cc1ccc(-n2c3ccccc3c3ccccc32)c(-c2ccc(-c3cccc(-c4c5ccccc5c(-c5ccccc5)c5ccccc45)c3)cc2)c1. The van der Waals surface area contributed by atoms with E-state index in [4.69, 9.17) is 0 Å². The zero-order chi connectivity index (χ0) is 35.3. The van der Waals surface area contributed by atoms with Crippen molar-refractivity contribution in [3.05, 3.63) is 200 Å². The van der Waals surface area contributed by atoms with Crippen molar-refractivity contribution < 1.29 is 0 Å². The third-order valence-corrected chi connectivity index (χ3v) is 10.6. The van der Waals surface area contributed by atoms with E-state index in [9.17, 15) is 5.26 Å². The standard InChI is InChI=1S/C51H32N2/c52-33-34-25-30-49(53-47-23-10-8-17-40(47)41-18-9-11-24-48(41)53)46(31-34)36-28-26-35(27-29-36)38-15-12-16-39(32-38)51-44-21-6-4-19-42(44)50(37-13-2-1-3-14-37)43-20-5-7-22-45(43)51/h1-32H. The van der Waals surface area contributed by atoms with Crippen LogP contribution in [0, 0.1) is 11.3 Å². The van der Waals surface area contributed by atoms with Crippen LogP contribution in [-0.2, 0) is 0 Å². The Morgan fingerprint density at radius 3 is 1.40 bits per heavy atom. The number of rotatable bonds is 5. The van der Waals surface area contributed by atoms with Crippen molar-refractivity contribution in [1.29, 1.82) is 5.26 Å². The second-order valence-corrected chi connectivity index (χ2v) is 13.6. The fraction of sp³-hybridized carbons (Fsp3) is 0. The summed E-state index contributed by atoms with van der Waals surface area (Å²) in [7, 11) is 0. The molecule has 0 bridgehead atoms. The average Bonchev–Trinajstić information content (AvgIpc) is 3.57. The summed E-state index contributed by atoms with van der Waals surface area (Å²) >= 11 is 0. The molecule has 0 atom stereocenters. The molecule has 0 amide bonds. The first-order valence-corrected chi connectivity index (χ1v) is 18.0. The van der Waals surface area contributed by atoms with Gasteiger partial charge in [0.15, 0.2) is 0 Å². The van der Waals surface area contributed by atoms with E-state index in [0.29, 0.717) is 5.56 Å². The van der Waals surface area contributed by atoms with Crippen LogP contribution < -0.4 is 0 Å². The summed E-state index contributed by atoms with van der Waals surface area (Å²) in [6.07, 6.45) is 0. The Labute approximate surface area is 308 Å². The number of aromatic nitrogens is 1. The van der Waals surface area contributed by atoms with Gasteiger partial charge in [0, 0.05) is 16.3 Å². The van der Waals surface area contributed by atoms with Crippen molar-refractivity contribution in [3.8, 4) is 56.3 Å². The van der Waals surface area contributed by atoms with Crippen molar-refractivity contribution >= 4 is 43.4 Å². The van der Waals surface area contributed by atoms with E-state index in [0.717, 1.165) is 39.0 Å². The van der Waals surface area contributed by atoms with Crippen molar-refractivity contribution in [3.63, 3.8) is 0 Å². The van der Waals surface area contributed by atoms with Crippen molar-refractivity contribution in [1.82, 2.24) is 4.57 Å². The Morgan fingerprint density at radius 1 is 0.340 bits per heavy atom. The maximum absolute atomic E-state index is 9.94. The molecule has 9 aromatic carbocycles. The maximum Gasteiger partial charge on any atom is 0.0991 e. The number of fused-ring (bicyclic) bond motifs is 5. The third-order valence-electron chi connectivity index (χ3n) is 10.6. The van der Waals surface area contributed by atoms with Crippen LogP contribution in [0.5, 0.6) is 0 Å². The van der Waals surface area contributed by atoms with Crippen LogP contribution in [0.2, 0.25) is 0 Å². The number of nitriles is 1. The molecule has 0 fully saturated rings. The molecule has 0 spiro atoms. The lowest BCUT2D eigenvalue weighted by atomic mass is 9.85. The van der Waals surface area contributed by atoms with Gasteiger partial charge < -0.3 is 4.57 Å². The number of hydrogen-bond donors (Lipinski definition) is 0. The van der Waals surface area contributed by atoms with E-state index in [-0.39, 0.29) is 0 Å². The maximum atomic E-state index is 9.94. The Hall–Kier alpha value is -7.21. The van der Waals surface area contributed by atoms with Crippen LogP contribution in [0.4, 0.5) is 0 Å². The highest BCUT2D eigenvalue weighted by Crippen LogP contribution is 2.44. The van der Waals surface area contributed by atoms with Gasteiger partial charge in [-0.1, -0.05) is 158 Å². The first-order valence-electron chi connectivity index (χ1n) is 18.0. The van der Waals surface area contributed by atoms with E-state index in [1.807, 2.05) is 12.1 Å². The molecule has 246 valence electrons. The Kier molecular flexibility index (Phi) is 7.23. The van der Waals surface area contributed by atoms with Crippen LogP contribution in [0.25, 0.3) is 93.5 Å². The van der Waals surface area contributed by atoms with E-state index < -0.39 is 0 Å². The van der Waals surface area contributed by atoms with Crippen molar-refractivity contribution in [2.45, 2.75) is 0 Å². The summed E-state index contributed by atoms with van der Waals surface area (Å²) in [6.45, 7) is 0. The highest BCUT2D eigenvalue weighted by molar-refractivity contribution is 6.21. The van der Waals surface area contributed by atoms with Gasteiger partial charge in [0.1, 0.15) is 0 Å². The smallest absolute Gasteiger partial charge is 0.0991 e. The van der Waals surface area contributed by atoms with Crippen LogP contribution in [0.3, 0.4) is 0 Å². The molecule has 0 unspecified atom stereocenters. The molecular weight excluding hydrogens is 641 g/mol. The highest BCUT2D eigenvalue weighted by atomic mass is 15.0. The quantitative estimate of drug-likeness (QED) is 0.167. The van der Waals surface area contributed by atoms with Gasteiger partial charge in [-0.15, -0.1) is 0 Å². The molecule has 10 rings (SSSR count). The molecule has 0 radical (unpaired) electrons. The Bertz CT molecular complexity index is 2940. The van der Waals surface area contributed by atoms with Crippen LogP contribution in [-0.4, -0.2) is 4.57 Å². The fourth-order valence-corrected chi connectivity index (χ4v) is 8.27. The summed E-state index contributed by atoms with van der Waals surface area (Å²) in [4.78, 5) is 0. The van der Waals surface area contributed by atoms with Crippen LogP contribution >= 0.6 is 0 Å². The lowest BCUT2D eigenvalue weighted by Crippen LogP contribution is -1.98. The van der Waals surface area contributed by atoms with Gasteiger partial charge in [0.25, 0.3) is 0 Å². The minimum atomic E-state index is 0.638. The van der Waals surface area contributed by atoms with Crippen LogP contribution in [0.1, 0.15) is 5.56 Å². The van der Waals surface area contributed by atoms with Gasteiger partial charge in [-0.3, -0.25) is 0 Å². The molecule has 1 aromatic heterocycles. The van der Waals surface area contributed by atoms with E-state index in [2.05, 4.69) is 193 Å². The second kappa shape index (κ2) is 12.5. The summed E-state index contributed by atoms with van der Waals surface area (Å²) in [5.74, 6) is 0. The Morgan fingerprint density at radius 2 is 0.811 bits per heavy atom. The van der Waals surface area contributed by atoms with Gasteiger partial charge in [-0.05, 0) is 96.9 Å². The third kappa shape index (κ3) is 5.02. The topological polar surface area (TPSA) is 28.7 Å². The van der Waals surface area contributed by atoms with Crippen molar-refractivity contribution in [2.24, 2.45) is 0 Å². The van der Waals surface area contributed by atoms with Crippen LogP contribution in [0.15, 0.2) is 194 Å². The first kappa shape index (κ1) is 30.6. The lowest BCUT2D eigenvalue weighted by Gasteiger charge is -2.18.